The van der Waals surface area contributed by atoms with Crippen molar-refractivity contribution < 1.29 is 32.4 Å². The van der Waals surface area contributed by atoms with Crippen LogP contribution in [-0.2, 0) is 60.8 Å². The van der Waals surface area contributed by atoms with Crippen molar-refractivity contribution in [2.24, 2.45) is 58.9 Å². The number of hydrogen-bond donors (Lipinski definition) is 0. The van der Waals surface area contributed by atoms with Gasteiger partial charge >= 0.3 is 0 Å². The molecule has 7 aromatic carbocycles. The van der Waals surface area contributed by atoms with E-state index >= 15 is 0 Å². The number of hydrogen-bond acceptors (Lipinski definition) is 0. The van der Waals surface area contributed by atoms with Gasteiger partial charge in [0.15, 0.2) is 35.8 Å². The monoisotopic (exact) mass is 1510 g/mol. The minimum atomic E-state index is -2.11. The van der Waals surface area contributed by atoms with Crippen LogP contribution in [0.3, 0.4) is 0 Å². The summed E-state index contributed by atoms with van der Waals surface area (Å²) in [5.41, 5.74) is 33.2. The topological polar surface area (TPSA) is 24.3 Å². The fourth-order valence-electron chi connectivity index (χ4n) is 14.7. The van der Waals surface area contributed by atoms with Crippen LogP contribution in [0, 0.1) is 85.9 Å². The molecule has 0 saturated carbocycles. The van der Waals surface area contributed by atoms with Crippen molar-refractivity contribution in [1.29, 1.82) is 0 Å². The van der Waals surface area contributed by atoms with Crippen LogP contribution in [0.25, 0.3) is 73.1 Å². The third kappa shape index (κ3) is 24.3. The molecule has 6 nitrogen and oxygen atoms in total. The van der Waals surface area contributed by atoms with E-state index in [0.29, 0.717) is 40.7 Å². The van der Waals surface area contributed by atoms with Gasteiger partial charge in [-0.15, -0.1) is 0 Å². The zero-order valence-corrected chi connectivity index (χ0v) is 70.8. The Morgan fingerprint density at radius 2 is 0.741 bits per heavy atom. The lowest BCUT2D eigenvalue weighted by Crippen LogP contribution is -2.32. The molecule has 0 radical (unpaired) electrons. The van der Waals surface area contributed by atoms with Crippen molar-refractivity contribution >= 4 is 11.0 Å². The third-order valence-electron chi connectivity index (χ3n) is 20.3. The van der Waals surface area contributed by atoms with Crippen molar-refractivity contribution in [3.05, 3.63) is 296 Å². The number of aryl methyl sites for hydroxylation is 14. The van der Waals surface area contributed by atoms with Crippen LogP contribution in [0.1, 0.15) is 243 Å². The highest BCUT2D eigenvalue weighted by Crippen LogP contribution is 2.40. The second-order valence-electron chi connectivity index (χ2n) is 32.6. The van der Waals surface area contributed by atoms with E-state index in [0.717, 1.165) is 46.5 Å². The summed E-state index contributed by atoms with van der Waals surface area (Å²) >= 11 is 0. The number of nitrogens with zero attached hydrogens (tertiary/aromatic N) is 6. The van der Waals surface area contributed by atoms with E-state index in [9.17, 15) is 0 Å². The number of para-hydroxylation sites is 2. The second-order valence-corrected chi connectivity index (χ2v) is 32.6. The van der Waals surface area contributed by atoms with Crippen LogP contribution in [0.15, 0.2) is 207 Å². The predicted molar refractivity (Wildman–Crippen MR) is 488 cm³/mol. The zero-order chi connectivity index (χ0) is 85.2. The average molecular weight is 1510 g/mol. The molecule has 112 heavy (non-hydrogen) atoms. The average Bonchev–Trinajstić information content (AvgIpc) is 1.58. The lowest BCUT2D eigenvalue weighted by Gasteiger charge is -2.21. The molecule has 0 aliphatic carbocycles. The van der Waals surface area contributed by atoms with Crippen LogP contribution >= 0.6 is 0 Å². The SMILES string of the molecule is C.C.C.C.Cc1cc(-c2ccccc2C)[n+](C)cc1CC(C)C.Cc1ccc(-c2ccc(CC(C)C)c[n+]2C)c(C)c1.Cc1ccccc1-c1n(-c2c(C(C)C)cc(C(C)C)cc2C(C)C)c2ccccc2[n+]1C.[2H]C([2H])([2H])c1ccc(-c2ccc(C([2H])([2H])C(C)C)c[n+]2C)c(C)c1.[2H]C([2H])(c1c[n+](C)c(-c2ccccc2C)cc1C)C(C)C. The van der Waals surface area contributed by atoms with E-state index in [1.54, 1.807) is 12.1 Å². The third-order valence-corrected chi connectivity index (χ3v) is 20.3. The highest BCUT2D eigenvalue weighted by Gasteiger charge is 2.32. The molecule has 0 amide bonds. The molecule has 0 N–H and O–H groups in total. The van der Waals surface area contributed by atoms with Crippen LogP contribution in [-0.4, -0.2) is 4.57 Å². The van der Waals surface area contributed by atoms with Crippen molar-refractivity contribution in [2.75, 3.05) is 0 Å². The van der Waals surface area contributed by atoms with Crippen molar-refractivity contribution in [2.45, 2.75) is 232 Å². The molecule has 0 spiro atoms. The van der Waals surface area contributed by atoms with Gasteiger partial charge in [0.25, 0.3) is 5.82 Å². The van der Waals surface area contributed by atoms with Gasteiger partial charge in [-0.05, 0) is 228 Å². The van der Waals surface area contributed by atoms with Gasteiger partial charge in [0.1, 0.15) is 33.9 Å². The number of aromatic nitrogens is 6. The summed E-state index contributed by atoms with van der Waals surface area (Å²) in [7, 11) is 10.4. The summed E-state index contributed by atoms with van der Waals surface area (Å²) in [5.74, 6) is 3.83. The highest BCUT2D eigenvalue weighted by molar-refractivity contribution is 5.81. The maximum absolute atomic E-state index is 8.33. The van der Waals surface area contributed by atoms with Gasteiger partial charge in [-0.3, -0.25) is 0 Å². The Balaban J connectivity index is 0.000000315. The first-order chi connectivity index (χ1) is 53.9. The van der Waals surface area contributed by atoms with Gasteiger partial charge in [-0.25, -0.2) is 22.8 Å². The standard InChI is InChI=1S/C30H37N2.4C18H24N.4CH4/c1-19(2)23-17-25(20(3)4)29(26(18-23)21(5)6)32-28-16-12-11-15-27(28)31(8)30(32)24-14-10-9-13-22(24)7;2*1-13(2)10-16-7-9-18(19(5)12-16)17-8-6-14(3)11-15(17)4;2*1-13(2)10-16-12-19(5)18(11-15(16)4)17-9-7-6-8-14(17)3;;;;/h9-21H,1-8H3;4*6-9,11-13H,10H2,1-5H3;4*1H4/q5*+1;;;;/i;3D3,10D2;;10D2;;;;;. The summed E-state index contributed by atoms with van der Waals surface area (Å²) in [4.78, 5) is 0. The number of rotatable bonds is 17. The summed E-state index contributed by atoms with van der Waals surface area (Å²) in [6, 6.07) is 63.8. The molecule has 5 heterocycles. The summed E-state index contributed by atoms with van der Waals surface area (Å²) in [6.45, 7) is 45.4. The van der Waals surface area contributed by atoms with Gasteiger partial charge in [-0.1, -0.05) is 241 Å². The van der Waals surface area contributed by atoms with Crippen molar-refractivity contribution in [3.8, 4) is 62.1 Å². The van der Waals surface area contributed by atoms with E-state index in [-0.39, 0.29) is 41.5 Å². The van der Waals surface area contributed by atoms with Gasteiger partial charge in [0.05, 0.1) is 12.6 Å². The summed E-state index contributed by atoms with van der Waals surface area (Å²) < 4.78 is 69.0. The highest BCUT2D eigenvalue weighted by atomic mass is 15.2. The minimum Gasteiger partial charge on any atom is -0.225 e. The van der Waals surface area contributed by atoms with Gasteiger partial charge in [0.2, 0.25) is 22.8 Å². The fraction of sp³-hybridized carbons (Fsp3) is 0.406. The fourth-order valence-corrected chi connectivity index (χ4v) is 14.7. The number of imidazole rings is 1. The number of pyridine rings is 4. The summed E-state index contributed by atoms with van der Waals surface area (Å²) in [5, 5.41) is 0. The van der Waals surface area contributed by atoms with E-state index in [4.69, 9.17) is 9.60 Å². The molecule has 598 valence electrons. The molecular weight excluding hydrogens is 1360 g/mol. The first-order valence-corrected chi connectivity index (χ1v) is 39.4. The first kappa shape index (κ1) is 83.5. The molecule has 6 heteroatoms. The number of fused-ring (bicyclic) bond motifs is 1. The quantitative estimate of drug-likeness (QED) is 0.0812. The summed E-state index contributed by atoms with van der Waals surface area (Å²) in [6.07, 6.45) is 7.88. The van der Waals surface area contributed by atoms with Gasteiger partial charge < -0.3 is 0 Å². The van der Waals surface area contributed by atoms with Gasteiger partial charge in [0, 0.05) is 89.5 Å². The van der Waals surface area contributed by atoms with E-state index < -0.39 is 19.6 Å². The van der Waals surface area contributed by atoms with Crippen LogP contribution in [0.4, 0.5) is 0 Å². The Bertz CT molecular complexity index is 5330. The lowest BCUT2D eigenvalue weighted by atomic mass is 9.87. The predicted octanol–water partition coefficient (Wildman–Crippen LogP) is 26.3. The van der Waals surface area contributed by atoms with Crippen LogP contribution < -0.4 is 22.8 Å². The van der Waals surface area contributed by atoms with Crippen LogP contribution in [0.5, 0.6) is 0 Å². The maximum atomic E-state index is 8.33. The Kier molecular flexibility index (Phi) is 32.1. The molecular formula is C106H149N6+5. The van der Waals surface area contributed by atoms with Crippen molar-refractivity contribution in [1.82, 2.24) is 4.57 Å². The number of benzene rings is 7. The molecule has 0 unspecified atom stereocenters. The van der Waals surface area contributed by atoms with Crippen LogP contribution in [0.2, 0.25) is 0 Å². The van der Waals surface area contributed by atoms with Crippen molar-refractivity contribution in [3.63, 3.8) is 0 Å². The molecule has 12 rings (SSSR count). The largest absolute Gasteiger partial charge is 0.295 e. The van der Waals surface area contributed by atoms with E-state index in [1.807, 2.05) is 107 Å². The molecule has 0 aliphatic rings. The Labute approximate surface area is 693 Å². The lowest BCUT2D eigenvalue weighted by molar-refractivity contribution is -0.661. The molecule has 0 fully saturated rings. The maximum Gasteiger partial charge on any atom is 0.295 e. The Morgan fingerprint density at radius 1 is 0.339 bits per heavy atom. The van der Waals surface area contributed by atoms with E-state index in [1.165, 1.54) is 117 Å². The molecule has 12 aromatic rings. The smallest absolute Gasteiger partial charge is 0.225 e. The van der Waals surface area contributed by atoms with E-state index in [2.05, 4.69) is 302 Å². The molecule has 5 aromatic heterocycles. The normalized spacial score (nSPS) is 12.2. The molecule has 0 atom stereocenters. The Morgan fingerprint density at radius 3 is 1.18 bits per heavy atom. The first-order valence-electron chi connectivity index (χ1n) is 42.9. The van der Waals surface area contributed by atoms with Gasteiger partial charge in [-0.2, -0.15) is 4.57 Å². The molecule has 0 aliphatic heterocycles. The Hall–Kier alpha value is -9.39. The minimum absolute atomic E-state index is 0. The zero-order valence-electron chi connectivity index (χ0n) is 77.8. The molecule has 0 bridgehead atoms. The molecule has 0 saturated heterocycles. The second kappa shape index (κ2) is 43.0.